The summed E-state index contributed by atoms with van der Waals surface area (Å²) in [5, 5.41) is 8.48. The predicted molar refractivity (Wildman–Crippen MR) is 91.6 cm³/mol. The standard InChI is InChI=1S/C15H22Cl2N2.ClH/c1-2-3-4-11-10-18-6-5-15(11)19-14-8-12(16)7-13(17)9-14;/h7-9,11,15,18-19H,2-6,10H2,1H3;1H. The second-order valence-corrected chi connectivity index (χ2v) is 6.18. The number of unbranched alkanes of at least 4 members (excludes halogenated alkanes) is 1. The first-order chi connectivity index (χ1) is 9.19. The van der Waals surface area contributed by atoms with Crippen molar-refractivity contribution in [3.8, 4) is 0 Å². The molecule has 0 amide bonds. The van der Waals surface area contributed by atoms with Crippen LogP contribution in [0.2, 0.25) is 10.0 Å². The second kappa shape index (κ2) is 8.99. The predicted octanol–water partition coefficient (Wildman–Crippen LogP) is 5.00. The van der Waals surface area contributed by atoms with Crippen LogP contribution in [0, 0.1) is 5.92 Å². The van der Waals surface area contributed by atoms with Gasteiger partial charge in [-0.3, -0.25) is 0 Å². The van der Waals surface area contributed by atoms with Crippen molar-refractivity contribution in [1.82, 2.24) is 5.32 Å². The van der Waals surface area contributed by atoms with Crippen LogP contribution >= 0.6 is 35.6 Å². The summed E-state index contributed by atoms with van der Waals surface area (Å²) < 4.78 is 0. The molecule has 1 aromatic rings. The number of rotatable bonds is 5. The van der Waals surface area contributed by atoms with Crippen LogP contribution in [0.5, 0.6) is 0 Å². The van der Waals surface area contributed by atoms with Gasteiger partial charge >= 0.3 is 0 Å². The molecule has 1 saturated heterocycles. The van der Waals surface area contributed by atoms with Gasteiger partial charge in [0.1, 0.15) is 0 Å². The third kappa shape index (κ3) is 5.33. The van der Waals surface area contributed by atoms with Gasteiger partial charge in [0.15, 0.2) is 0 Å². The van der Waals surface area contributed by atoms with Gasteiger partial charge in [0.05, 0.1) is 0 Å². The summed E-state index contributed by atoms with van der Waals surface area (Å²) in [5.74, 6) is 0.687. The number of hydrogen-bond acceptors (Lipinski definition) is 2. The van der Waals surface area contributed by atoms with Gasteiger partial charge in [-0.25, -0.2) is 0 Å². The Morgan fingerprint density at radius 1 is 1.25 bits per heavy atom. The normalized spacial score (nSPS) is 22.1. The second-order valence-electron chi connectivity index (χ2n) is 5.30. The molecule has 0 aliphatic carbocycles. The van der Waals surface area contributed by atoms with Crippen LogP contribution in [-0.4, -0.2) is 19.1 Å². The Kier molecular flexibility index (Phi) is 8.04. The Morgan fingerprint density at radius 2 is 1.95 bits per heavy atom. The van der Waals surface area contributed by atoms with Crippen molar-refractivity contribution >= 4 is 41.3 Å². The van der Waals surface area contributed by atoms with Crippen molar-refractivity contribution in [2.24, 2.45) is 5.92 Å². The van der Waals surface area contributed by atoms with Crippen LogP contribution in [0.25, 0.3) is 0 Å². The lowest BCUT2D eigenvalue weighted by molar-refractivity contribution is 0.319. The number of nitrogens with one attached hydrogen (secondary N) is 2. The molecule has 5 heteroatoms. The highest BCUT2D eigenvalue weighted by molar-refractivity contribution is 6.35. The molecule has 0 saturated carbocycles. The molecule has 0 radical (unpaired) electrons. The van der Waals surface area contributed by atoms with Crippen LogP contribution < -0.4 is 10.6 Å². The van der Waals surface area contributed by atoms with Crippen molar-refractivity contribution < 1.29 is 0 Å². The fourth-order valence-corrected chi connectivity index (χ4v) is 3.26. The molecular formula is C15H23Cl3N2. The number of halogens is 3. The Balaban J connectivity index is 0.00000200. The molecule has 2 rings (SSSR count). The summed E-state index contributed by atoms with van der Waals surface area (Å²) >= 11 is 12.1. The molecule has 2 N–H and O–H groups in total. The van der Waals surface area contributed by atoms with Gasteiger partial charge in [0, 0.05) is 21.8 Å². The van der Waals surface area contributed by atoms with Crippen molar-refractivity contribution in [1.29, 1.82) is 0 Å². The lowest BCUT2D eigenvalue weighted by atomic mass is 9.88. The smallest absolute Gasteiger partial charge is 0.0441 e. The molecule has 20 heavy (non-hydrogen) atoms. The minimum Gasteiger partial charge on any atom is -0.382 e. The molecular weight excluding hydrogens is 315 g/mol. The summed E-state index contributed by atoms with van der Waals surface area (Å²) in [6, 6.07) is 6.19. The Hall–Kier alpha value is -0.150. The molecule has 1 heterocycles. The zero-order chi connectivity index (χ0) is 13.7. The lowest BCUT2D eigenvalue weighted by Gasteiger charge is -2.33. The fraction of sp³-hybridized carbons (Fsp3) is 0.600. The third-order valence-electron chi connectivity index (χ3n) is 3.75. The van der Waals surface area contributed by atoms with E-state index < -0.39 is 0 Å². The highest BCUT2D eigenvalue weighted by atomic mass is 35.5. The third-order valence-corrected chi connectivity index (χ3v) is 4.19. The molecule has 1 fully saturated rings. The maximum Gasteiger partial charge on any atom is 0.0441 e. The SMILES string of the molecule is CCCCC1CNCCC1Nc1cc(Cl)cc(Cl)c1.Cl. The van der Waals surface area contributed by atoms with Gasteiger partial charge < -0.3 is 10.6 Å². The Morgan fingerprint density at radius 3 is 2.60 bits per heavy atom. The summed E-state index contributed by atoms with van der Waals surface area (Å²) in [5.41, 5.74) is 1.03. The quantitative estimate of drug-likeness (QED) is 0.790. The Bertz CT molecular complexity index is 392. The zero-order valence-corrected chi connectivity index (χ0v) is 14.1. The summed E-state index contributed by atoms with van der Waals surface area (Å²) in [6.07, 6.45) is 4.97. The minimum atomic E-state index is 0. The van der Waals surface area contributed by atoms with Crippen molar-refractivity contribution in [2.45, 2.75) is 38.6 Å². The lowest BCUT2D eigenvalue weighted by Crippen LogP contribution is -2.43. The van der Waals surface area contributed by atoms with Crippen LogP contribution in [0.4, 0.5) is 5.69 Å². The van der Waals surface area contributed by atoms with Crippen LogP contribution in [0.3, 0.4) is 0 Å². The molecule has 114 valence electrons. The van der Waals surface area contributed by atoms with Crippen LogP contribution in [0.1, 0.15) is 32.6 Å². The van der Waals surface area contributed by atoms with Gasteiger partial charge in [0.25, 0.3) is 0 Å². The van der Waals surface area contributed by atoms with E-state index in [0.29, 0.717) is 22.0 Å². The van der Waals surface area contributed by atoms with Gasteiger partial charge in [-0.05, 0) is 50.0 Å². The largest absolute Gasteiger partial charge is 0.382 e. The molecule has 2 nitrogen and oxygen atoms in total. The fourth-order valence-electron chi connectivity index (χ4n) is 2.73. The van der Waals surface area contributed by atoms with E-state index in [-0.39, 0.29) is 12.4 Å². The van der Waals surface area contributed by atoms with Crippen molar-refractivity contribution in [3.05, 3.63) is 28.2 Å². The average molecular weight is 338 g/mol. The molecule has 0 aromatic heterocycles. The molecule has 2 unspecified atom stereocenters. The highest BCUT2D eigenvalue weighted by Gasteiger charge is 2.24. The summed E-state index contributed by atoms with van der Waals surface area (Å²) in [6.45, 7) is 4.43. The highest BCUT2D eigenvalue weighted by Crippen LogP contribution is 2.26. The first-order valence-corrected chi connectivity index (χ1v) is 7.88. The van der Waals surface area contributed by atoms with Crippen LogP contribution in [0.15, 0.2) is 18.2 Å². The molecule has 2 atom stereocenters. The van der Waals surface area contributed by atoms with E-state index in [9.17, 15) is 0 Å². The van der Waals surface area contributed by atoms with Crippen molar-refractivity contribution in [2.75, 3.05) is 18.4 Å². The number of piperidine rings is 1. The first kappa shape index (κ1) is 17.9. The zero-order valence-electron chi connectivity index (χ0n) is 11.8. The maximum absolute atomic E-state index is 6.05. The van der Waals surface area contributed by atoms with Gasteiger partial charge in [-0.15, -0.1) is 12.4 Å². The monoisotopic (exact) mass is 336 g/mol. The number of hydrogen-bond donors (Lipinski definition) is 2. The molecule has 1 aliphatic heterocycles. The van der Waals surface area contributed by atoms with Crippen LogP contribution in [-0.2, 0) is 0 Å². The van der Waals surface area contributed by atoms with E-state index in [1.54, 1.807) is 6.07 Å². The average Bonchev–Trinajstić information content (AvgIpc) is 2.36. The topological polar surface area (TPSA) is 24.1 Å². The first-order valence-electron chi connectivity index (χ1n) is 7.12. The van der Waals surface area contributed by atoms with E-state index >= 15 is 0 Å². The van der Waals surface area contributed by atoms with Crippen molar-refractivity contribution in [3.63, 3.8) is 0 Å². The molecule has 1 aliphatic rings. The summed E-state index contributed by atoms with van der Waals surface area (Å²) in [7, 11) is 0. The Labute approximate surface area is 138 Å². The van der Waals surface area contributed by atoms with E-state index in [2.05, 4.69) is 17.6 Å². The van der Waals surface area contributed by atoms with Gasteiger partial charge in [-0.2, -0.15) is 0 Å². The van der Waals surface area contributed by atoms with Gasteiger partial charge in [0.2, 0.25) is 0 Å². The number of benzene rings is 1. The molecule has 0 spiro atoms. The molecule has 0 bridgehead atoms. The number of anilines is 1. The van der Waals surface area contributed by atoms with Gasteiger partial charge in [-0.1, -0.05) is 43.0 Å². The molecule has 1 aromatic carbocycles. The van der Waals surface area contributed by atoms with E-state index in [1.807, 2.05) is 12.1 Å². The van der Waals surface area contributed by atoms with E-state index in [4.69, 9.17) is 23.2 Å². The van der Waals surface area contributed by atoms with E-state index in [1.165, 1.54) is 19.3 Å². The maximum atomic E-state index is 6.05. The summed E-state index contributed by atoms with van der Waals surface area (Å²) in [4.78, 5) is 0. The minimum absolute atomic E-state index is 0. The van der Waals surface area contributed by atoms with E-state index in [0.717, 1.165) is 25.2 Å².